The van der Waals surface area contributed by atoms with Gasteiger partial charge in [0.1, 0.15) is 23.7 Å². The third kappa shape index (κ3) is 4.95. The summed E-state index contributed by atoms with van der Waals surface area (Å²) in [7, 11) is 0. The van der Waals surface area contributed by atoms with E-state index >= 15 is 0 Å². The molecule has 1 saturated carbocycles. The first-order chi connectivity index (χ1) is 14.6. The van der Waals surface area contributed by atoms with Crippen molar-refractivity contribution in [3.8, 4) is 5.88 Å². The van der Waals surface area contributed by atoms with Gasteiger partial charge in [0.15, 0.2) is 0 Å². The fourth-order valence-corrected chi connectivity index (χ4v) is 4.05. The summed E-state index contributed by atoms with van der Waals surface area (Å²) in [5.74, 6) is 1.09. The van der Waals surface area contributed by atoms with Crippen LogP contribution in [0.2, 0.25) is 0 Å². The van der Waals surface area contributed by atoms with Crippen molar-refractivity contribution < 1.29 is 13.9 Å². The Bertz CT molecular complexity index is 874. The second kappa shape index (κ2) is 9.23. The van der Waals surface area contributed by atoms with Crippen LogP contribution in [0, 0.1) is 0 Å². The van der Waals surface area contributed by atoms with Gasteiger partial charge in [0.25, 0.3) is 5.91 Å². The minimum absolute atomic E-state index is 0.00755. The number of aromatic nitrogens is 3. The number of hydrogen-bond acceptors (Lipinski definition) is 7. The molecular formula is C21H27FN6O2. The predicted octanol–water partition coefficient (Wildman–Crippen LogP) is 2.71. The maximum atomic E-state index is 13.7. The first-order valence-electron chi connectivity index (χ1n) is 10.5. The zero-order valence-electron chi connectivity index (χ0n) is 16.8. The molecule has 4 rings (SSSR count). The molecular weight excluding hydrogens is 387 g/mol. The van der Waals surface area contributed by atoms with Crippen molar-refractivity contribution in [1.82, 2.24) is 15.0 Å². The maximum Gasteiger partial charge on any atom is 0.254 e. The van der Waals surface area contributed by atoms with Gasteiger partial charge in [-0.05, 0) is 56.7 Å². The van der Waals surface area contributed by atoms with E-state index in [0.29, 0.717) is 30.4 Å². The lowest BCUT2D eigenvalue weighted by molar-refractivity contribution is 0.0983. The molecule has 2 aliphatic rings. The number of alkyl halides is 1. The standard InChI is InChI=1S/C21H27FN6O2/c22-14-3-2-12-28(13-14)21-25-11-9-18(27-21)26-15-5-7-16(8-6-15)30-20-17(19(23)29)4-1-10-24-20/h1,4,9-11,14-16H,2-3,5-8,12-13H2,(H2,23,29)(H,25,26,27)/t14?,15-,16-. The van der Waals surface area contributed by atoms with Crippen molar-refractivity contribution in [3.05, 3.63) is 36.2 Å². The van der Waals surface area contributed by atoms with Crippen molar-refractivity contribution in [1.29, 1.82) is 0 Å². The first kappa shape index (κ1) is 20.3. The molecule has 1 amide bonds. The molecule has 30 heavy (non-hydrogen) atoms. The number of amides is 1. The Morgan fingerprint density at radius 2 is 2.00 bits per heavy atom. The highest BCUT2D eigenvalue weighted by atomic mass is 19.1. The van der Waals surface area contributed by atoms with Crippen LogP contribution in [0.3, 0.4) is 0 Å². The number of anilines is 2. The Hall–Kier alpha value is -2.97. The topological polar surface area (TPSA) is 106 Å². The number of ether oxygens (including phenoxy) is 1. The minimum Gasteiger partial charge on any atom is -0.474 e. The number of carbonyl (C=O) groups excluding carboxylic acids is 1. The fourth-order valence-electron chi connectivity index (χ4n) is 4.05. The largest absolute Gasteiger partial charge is 0.474 e. The molecule has 1 aliphatic carbocycles. The Morgan fingerprint density at radius 1 is 1.17 bits per heavy atom. The molecule has 3 heterocycles. The van der Waals surface area contributed by atoms with Gasteiger partial charge >= 0.3 is 0 Å². The van der Waals surface area contributed by atoms with E-state index in [0.717, 1.165) is 44.5 Å². The average molecular weight is 414 g/mol. The highest BCUT2D eigenvalue weighted by Crippen LogP contribution is 2.27. The maximum absolute atomic E-state index is 13.7. The van der Waals surface area contributed by atoms with E-state index in [4.69, 9.17) is 10.5 Å². The number of primary amides is 1. The quantitative estimate of drug-likeness (QED) is 0.748. The third-order valence-electron chi connectivity index (χ3n) is 5.63. The molecule has 0 spiro atoms. The number of rotatable bonds is 6. The van der Waals surface area contributed by atoms with Crippen molar-refractivity contribution >= 4 is 17.7 Å². The molecule has 3 N–H and O–H groups in total. The van der Waals surface area contributed by atoms with Crippen LogP contribution in [0.25, 0.3) is 0 Å². The molecule has 1 unspecified atom stereocenters. The van der Waals surface area contributed by atoms with Crippen LogP contribution in [0.15, 0.2) is 30.6 Å². The molecule has 0 bridgehead atoms. The van der Waals surface area contributed by atoms with Crippen LogP contribution in [-0.2, 0) is 0 Å². The average Bonchev–Trinajstić information content (AvgIpc) is 2.76. The summed E-state index contributed by atoms with van der Waals surface area (Å²) in [5, 5.41) is 3.47. The van der Waals surface area contributed by atoms with Crippen molar-refractivity contribution in [2.24, 2.45) is 5.73 Å². The molecule has 0 aromatic carbocycles. The van der Waals surface area contributed by atoms with Crippen LogP contribution in [0.4, 0.5) is 16.2 Å². The Kier molecular flexibility index (Phi) is 6.25. The van der Waals surface area contributed by atoms with E-state index in [2.05, 4.69) is 20.3 Å². The molecule has 2 aromatic heterocycles. The molecule has 160 valence electrons. The Morgan fingerprint density at radius 3 is 2.77 bits per heavy atom. The fraction of sp³-hybridized carbons (Fsp3) is 0.524. The SMILES string of the molecule is NC(=O)c1cccnc1O[C@H]1CC[C@H](Nc2ccnc(N3CCCC(F)C3)n2)CC1. The van der Waals surface area contributed by atoms with E-state index in [1.807, 2.05) is 11.0 Å². The number of nitrogens with zero attached hydrogens (tertiary/aromatic N) is 4. The van der Waals surface area contributed by atoms with Crippen molar-refractivity contribution in [2.45, 2.75) is 56.8 Å². The first-order valence-corrected chi connectivity index (χ1v) is 10.5. The van der Waals surface area contributed by atoms with E-state index < -0.39 is 12.1 Å². The molecule has 2 fully saturated rings. The number of nitrogens with one attached hydrogen (secondary N) is 1. The lowest BCUT2D eigenvalue weighted by Crippen LogP contribution is -2.37. The number of pyridine rings is 1. The molecule has 1 aliphatic heterocycles. The highest BCUT2D eigenvalue weighted by Gasteiger charge is 2.25. The lowest BCUT2D eigenvalue weighted by Gasteiger charge is -2.31. The van der Waals surface area contributed by atoms with Crippen molar-refractivity contribution in [3.63, 3.8) is 0 Å². The number of hydrogen-bond donors (Lipinski definition) is 2. The van der Waals surface area contributed by atoms with E-state index in [1.165, 1.54) is 0 Å². The summed E-state index contributed by atoms with van der Waals surface area (Å²) in [6.07, 6.45) is 7.38. The Labute approximate surface area is 175 Å². The van der Waals surface area contributed by atoms with Gasteiger partial charge in [0, 0.05) is 25.0 Å². The Balaban J connectivity index is 1.31. The second-order valence-corrected chi connectivity index (χ2v) is 7.88. The zero-order chi connectivity index (χ0) is 20.9. The summed E-state index contributed by atoms with van der Waals surface area (Å²) in [6, 6.07) is 5.40. The number of halogens is 1. The van der Waals surface area contributed by atoms with Gasteiger partial charge in [-0.2, -0.15) is 4.98 Å². The number of nitrogens with two attached hydrogens (primary N) is 1. The van der Waals surface area contributed by atoms with Gasteiger partial charge in [0.2, 0.25) is 11.8 Å². The summed E-state index contributed by atoms with van der Waals surface area (Å²) in [4.78, 5) is 26.5. The highest BCUT2D eigenvalue weighted by molar-refractivity contribution is 5.94. The van der Waals surface area contributed by atoms with E-state index in [1.54, 1.807) is 24.5 Å². The number of piperidine rings is 1. The summed E-state index contributed by atoms with van der Waals surface area (Å²) < 4.78 is 19.6. The third-order valence-corrected chi connectivity index (χ3v) is 5.63. The predicted molar refractivity (Wildman–Crippen MR) is 111 cm³/mol. The molecule has 1 saturated heterocycles. The summed E-state index contributed by atoms with van der Waals surface area (Å²) in [6.45, 7) is 1.14. The molecule has 0 radical (unpaired) electrons. The minimum atomic E-state index is -0.816. The monoisotopic (exact) mass is 414 g/mol. The van der Waals surface area contributed by atoms with Crippen LogP contribution in [0.1, 0.15) is 48.9 Å². The smallest absolute Gasteiger partial charge is 0.254 e. The van der Waals surface area contributed by atoms with E-state index in [9.17, 15) is 9.18 Å². The summed E-state index contributed by atoms with van der Waals surface area (Å²) >= 11 is 0. The van der Waals surface area contributed by atoms with Crippen LogP contribution in [0.5, 0.6) is 5.88 Å². The molecule has 2 aromatic rings. The van der Waals surface area contributed by atoms with Crippen molar-refractivity contribution in [2.75, 3.05) is 23.3 Å². The van der Waals surface area contributed by atoms with Crippen LogP contribution in [-0.4, -0.2) is 52.3 Å². The van der Waals surface area contributed by atoms with Gasteiger partial charge in [-0.1, -0.05) is 0 Å². The zero-order valence-corrected chi connectivity index (χ0v) is 16.8. The van der Waals surface area contributed by atoms with Gasteiger partial charge in [-0.25, -0.2) is 14.4 Å². The molecule has 9 heteroatoms. The van der Waals surface area contributed by atoms with Gasteiger partial charge < -0.3 is 20.7 Å². The van der Waals surface area contributed by atoms with Crippen LogP contribution < -0.4 is 20.7 Å². The number of carbonyl (C=O) groups is 1. The van der Waals surface area contributed by atoms with Gasteiger partial charge in [-0.3, -0.25) is 4.79 Å². The second-order valence-electron chi connectivity index (χ2n) is 7.88. The van der Waals surface area contributed by atoms with Gasteiger partial charge in [-0.15, -0.1) is 0 Å². The van der Waals surface area contributed by atoms with Gasteiger partial charge in [0.05, 0.1) is 6.54 Å². The lowest BCUT2D eigenvalue weighted by atomic mass is 9.93. The normalized spacial score (nSPS) is 24.3. The van der Waals surface area contributed by atoms with Crippen LogP contribution >= 0.6 is 0 Å². The molecule has 8 nitrogen and oxygen atoms in total. The molecule has 1 atom stereocenters. The van der Waals surface area contributed by atoms with E-state index in [-0.39, 0.29) is 12.1 Å². The summed E-state index contributed by atoms with van der Waals surface area (Å²) in [5.41, 5.74) is 5.70.